The number of hydrogen-bond donors (Lipinski definition) is 2. The molecule has 0 saturated heterocycles. The maximum absolute atomic E-state index is 13.4. The van der Waals surface area contributed by atoms with Gasteiger partial charge < -0.3 is 15.2 Å². The number of nitrogens with one attached hydrogen (secondary N) is 1. The molecule has 2 unspecified atom stereocenters. The highest BCUT2D eigenvalue weighted by atomic mass is 16.5. The van der Waals surface area contributed by atoms with Gasteiger partial charge in [0.2, 0.25) is 0 Å². The monoisotopic (exact) mass is 442 g/mol. The van der Waals surface area contributed by atoms with Gasteiger partial charge in [-0.25, -0.2) is 4.79 Å². The van der Waals surface area contributed by atoms with Gasteiger partial charge in [-0.2, -0.15) is 4.99 Å². The van der Waals surface area contributed by atoms with Gasteiger partial charge in [0.1, 0.15) is 0 Å². The maximum Gasteiger partial charge on any atom is 0.332 e. The normalized spacial score (nSPS) is 20.2. The molecule has 174 valence electrons. The summed E-state index contributed by atoms with van der Waals surface area (Å²) < 4.78 is 8.44. The highest BCUT2D eigenvalue weighted by Gasteiger charge is 2.31. The lowest BCUT2D eigenvalue weighted by Gasteiger charge is -2.28. The van der Waals surface area contributed by atoms with Crippen LogP contribution in [0.4, 0.5) is 5.82 Å². The Morgan fingerprint density at radius 2 is 2.06 bits per heavy atom. The zero-order valence-corrected chi connectivity index (χ0v) is 19.4. The van der Waals surface area contributed by atoms with Crippen LogP contribution >= 0.6 is 0 Å². The highest BCUT2D eigenvalue weighted by molar-refractivity contribution is 5.82. The van der Waals surface area contributed by atoms with Crippen LogP contribution in [0, 0.1) is 5.92 Å². The highest BCUT2D eigenvalue weighted by Crippen LogP contribution is 2.31. The molecule has 0 saturated carbocycles. The first-order chi connectivity index (χ1) is 15.4. The topological polar surface area (TPSA) is 97.8 Å². The summed E-state index contributed by atoms with van der Waals surface area (Å²) in [6.45, 7) is 9.51. The van der Waals surface area contributed by atoms with Gasteiger partial charge in [0.25, 0.3) is 5.56 Å². The van der Waals surface area contributed by atoms with Crippen molar-refractivity contribution < 1.29 is 9.84 Å². The minimum atomic E-state index is -0.407. The van der Waals surface area contributed by atoms with E-state index in [0.29, 0.717) is 49.8 Å². The predicted octanol–water partition coefficient (Wildman–Crippen LogP) is 2.59. The fraction of sp³-hybridized carbons (Fsp3) is 0.542. The average Bonchev–Trinajstić information content (AvgIpc) is 2.92. The molecule has 8 nitrogen and oxygen atoms in total. The summed E-state index contributed by atoms with van der Waals surface area (Å²) >= 11 is 0. The maximum atomic E-state index is 13.4. The van der Waals surface area contributed by atoms with Crippen LogP contribution in [0.2, 0.25) is 0 Å². The zero-order chi connectivity index (χ0) is 23.3. The molecular weight excluding hydrogens is 408 g/mol. The molecule has 2 aliphatic rings. The van der Waals surface area contributed by atoms with Crippen LogP contribution < -0.4 is 16.6 Å². The van der Waals surface area contributed by atoms with E-state index < -0.39 is 5.69 Å². The second-order valence-electron chi connectivity index (χ2n) is 8.17. The number of hydrogen-bond acceptors (Lipinski definition) is 6. The number of aromatic nitrogens is 2. The van der Waals surface area contributed by atoms with Gasteiger partial charge in [0.05, 0.1) is 18.2 Å². The Morgan fingerprint density at radius 3 is 2.75 bits per heavy atom. The summed E-state index contributed by atoms with van der Waals surface area (Å²) in [5, 5.41) is 12.8. The summed E-state index contributed by atoms with van der Waals surface area (Å²) in [5.74, 6) is 1.16. The van der Waals surface area contributed by atoms with Crippen molar-refractivity contribution in [2.24, 2.45) is 10.9 Å². The van der Waals surface area contributed by atoms with E-state index in [0.717, 1.165) is 0 Å². The fourth-order valence-corrected chi connectivity index (χ4v) is 4.21. The summed E-state index contributed by atoms with van der Waals surface area (Å²) in [6.07, 6.45) is 9.23. The number of allylic oxidation sites excluding steroid dienone is 5. The first-order valence-electron chi connectivity index (χ1n) is 11.4. The van der Waals surface area contributed by atoms with Gasteiger partial charge in [-0.15, -0.1) is 0 Å². The Hall–Kier alpha value is -2.71. The lowest BCUT2D eigenvalue weighted by atomic mass is 9.97. The first kappa shape index (κ1) is 23.9. The Morgan fingerprint density at radius 1 is 1.28 bits per heavy atom. The molecule has 8 heteroatoms. The first-order valence-corrected chi connectivity index (χ1v) is 11.4. The molecule has 0 aromatic carbocycles. The van der Waals surface area contributed by atoms with Crippen molar-refractivity contribution in [2.75, 3.05) is 19.8 Å². The van der Waals surface area contributed by atoms with Crippen molar-refractivity contribution in [3.8, 4) is 0 Å². The molecule has 32 heavy (non-hydrogen) atoms. The van der Waals surface area contributed by atoms with Crippen molar-refractivity contribution in [3.05, 3.63) is 61.9 Å². The molecule has 2 atom stereocenters. The third-order valence-electron chi connectivity index (χ3n) is 5.88. The van der Waals surface area contributed by atoms with Gasteiger partial charge >= 0.3 is 5.69 Å². The number of nitrogens with zero attached hydrogens (tertiary/aromatic N) is 3. The van der Waals surface area contributed by atoms with E-state index in [1.165, 1.54) is 20.3 Å². The van der Waals surface area contributed by atoms with Crippen LogP contribution in [0.25, 0.3) is 0 Å². The summed E-state index contributed by atoms with van der Waals surface area (Å²) in [5.41, 5.74) is 2.16. The predicted molar refractivity (Wildman–Crippen MR) is 127 cm³/mol. The lowest BCUT2D eigenvalue weighted by Crippen LogP contribution is -2.45. The summed E-state index contributed by atoms with van der Waals surface area (Å²) in [4.78, 5) is 30.9. The van der Waals surface area contributed by atoms with E-state index in [9.17, 15) is 14.7 Å². The zero-order valence-electron chi connectivity index (χ0n) is 19.4. The van der Waals surface area contributed by atoms with Crippen molar-refractivity contribution in [1.29, 1.82) is 0 Å². The minimum Gasteiger partial charge on any atom is -0.481 e. The molecule has 3 rings (SSSR count). The van der Waals surface area contributed by atoms with Crippen molar-refractivity contribution >= 4 is 11.7 Å². The van der Waals surface area contributed by atoms with E-state index in [2.05, 4.69) is 42.4 Å². The molecule has 2 heterocycles. The van der Waals surface area contributed by atoms with Crippen molar-refractivity contribution in [3.63, 3.8) is 0 Å². The SMILES string of the molecule is CCOC1=Nc2c(c(=O)n(CCCO)c(=O)n2CC)C(NCC2=CC=CC(C)=CC2C)C1. The Balaban J connectivity index is 2.03. The van der Waals surface area contributed by atoms with E-state index in [-0.39, 0.29) is 30.7 Å². The number of fused-ring (bicyclic) bond motifs is 1. The molecule has 1 aliphatic heterocycles. The number of aliphatic hydroxyl groups excluding tert-OH is 1. The average molecular weight is 443 g/mol. The van der Waals surface area contributed by atoms with Crippen LogP contribution in [0.15, 0.2) is 50.0 Å². The standard InChI is InChI=1S/C24H34N4O4/c1-5-27-22-21(23(30)28(24(27)31)11-8-12-29)19(14-20(26-22)32-6-2)25-15-18-10-7-9-16(3)13-17(18)4/h7,9-10,13,17,19,25,29H,5-6,8,11-12,14-15H2,1-4H3. The van der Waals surface area contributed by atoms with Gasteiger partial charge in [-0.3, -0.25) is 13.9 Å². The Labute approximate surface area is 188 Å². The van der Waals surface area contributed by atoms with Crippen molar-refractivity contribution in [2.45, 2.75) is 59.7 Å². The quantitative estimate of drug-likeness (QED) is 0.645. The second kappa shape index (κ2) is 10.7. The second-order valence-corrected chi connectivity index (χ2v) is 8.17. The molecule has 2 N–H and O–H groups in total. The van der Waals surface area contributed by atoms with E-state index >= 15 is 0 Å². The largest absolute Gasteiger partial charge is 0.481 e. The summed E-state index contributed by atoms with van der Waals surface area (Å²) in [7, 11) is 0. The number of rotatable bonds is 8. The van der Waals surface area contributed by atoms with Crippen LogP contribution in [0.1, 0.15) is 52.1 Å². The smallest absolute Gasteiger partial charge is 0.332 e. The third kappa shape index (κ3) is 5.02. The molecule has 1 aromatic rings. The van der Waals surface area contributed by atoms with E-state index in [4.69, 9.17) is 4.74 Å². The van der Waals surface area contributed by atoms with Crippen LogP contribution in [0.5, 0.6) is 0 Å². The minimum absolute atomic E-state index is 0.0874. The molecule has 0 spiro atoms. The Kier molecular flexibility index (Phi) is 8.04. The fourth-order valence-electron chi connectivity index (χ4n) is 4.21. The molecule has 1 aromatic heterocycles. The van der Waals surface area contributed by atoms with Crippen LogP contribution in [-0.4, -0.2) is 39.9 Å². The van der Waals surface area contributed by atoms with Crippen LogP contribution in [0.3, 0.4) is 0 Å². The van der Waals surface area contributed by atoms with Gasteiger partial charge in [-0.1, -0.05) is 36.8 Å². The number of ether oxygens (including phenoxy) is 1. The molecule has 0 radical (unpaired) electrons. The number of aliphatic imine (C=N–C) groups is 1. The van der Waals surface area contributed by atoms with E-state index in [1.54, 1.807) is 0 Å². The van der Waals surface area contributed by atoms with Gasteiger partial charge in [-0.05, 0) is 38.7 Å². The summed E-state index contributed by atoms with van der Waals surface area (Å²) in [6, 6.07) is -0.333. The molecule has 0 fully saturated rings. The molecule has 0 bridgehead atoms. The van der Waals surface area contributed by atoms with Crippen LogP contribution in [-0.2, 0) is 17.8 Å². The van der Waals surface area contributed by atoms with Gasteiger partial charge in [0.15, 0.2) is 11.7 Å². The van der Waals surface area contributed by atoms with E-state index in [1.807, 2.05) is 19.9 Å². The Bertz CT molecular complexity index is 1070. The molecular formula is C24H34N4O4. The number of aliphatic hydroxyl groups is 1. The molecule has 0 amide bonds. The lowest BCUT2D eigenvalue weighted by molar-refractivity contribution is 0.276. The van der Waals surface area contributed by atoms with Crippen molar-refractivity contribution in [1.82, 2.24) is 14.5 Å². The molecule has 1 aliphatic carbocycles. The van der Waals surface area contributed by atoms with Gasteiger partial charge in [0, 0.05) is 32.7 Å². The third-order valence-corrected chi connectivity index (χ3v) is 5.88.